The summed E-state index contributed by atoms with van der Waals surface area (Å²) in [6.45, 7) is 0. The van der Waals surface area contributed by atoms with Crippen LogP contribution < -0.4 is 0 Å². The van der Waals surface area contributed by atoms with Gasteiger partial charge in [-0.25, -0.2) is 15.0 Å². The van der Waals surface area contributed by atoms with Gasteiger partial charge in [0.25, 0.3) is 0 Å². The highest BCUT2D eigenvalue weighted by molar-refractivity contribution is 6.16. The molecule has 0 N–H and O–H groups in total. The Balaban J connectivity index is 1.19. The molecule has 4 nitrogen and oxygen atoms in total. The molecule has 8 aromatic carbocycles. The van der Waals surface area contributed by atoms with Crippen LogP contribution in [0.2, 0.25) is 0 Å². The van der Waals surface area contributed by atoms with Gasteiger partial charge >= 0.3 is 0 Å². The molecule has 0 aliphatic carbocycles. The fourth-order valence-electron chi connectivity index (χ4n) is 7.33. The highest BCUT2D eigenvalue weighted by Crippen LogP contribution is 2.42. The van der Waals surface area contributed by atoms with Gasteiger partial charge in [-0.2, -0.15) is 0 Å². The van der Waals surface area contributed by atoms with Gasteiger partial charge < -0.3 is 4.42 Å². The van der Waals surface area contributed by atoms with Crippen molar-refractivity contribution in [2.75, 3.05) is 0 Å². The molecule has 0 spiro atoms. The third-order valence-electron chi connectivity index (χ3n) is 9.74. The van der Waals surface area contributed by atoms with Gasteiger partial charge in [0.15, 0.2) is 17.5 Å². The lowest BCUT2D eigenvalue weighted by molar-refractivity contribution is 0.669. The minimum absolute atomic E-state index is 0.597. The van der Waals surface area contributed by atoms with Crippen LogP contribution in [-0.2, 0) is 0 Å². The third kappa shape index (κ3) is 4.96. The van der Waals surface area contributed by atoms with E-state index in [9.17, 15) is 0 Å². The second kappa shape index (κ2) is 11.9. The molecule has 10 aromatic rings. The van der Waals surface area contributed by atoms with Crippen LogP contribution in [0.3, 0.4) is 0 Å². The van der Waals surface area contributed by atoms with Gasteiger partial charge in [0.1, 0.15) is 11.2 Å². The number of benzene rings is 8. The molecule has 0 aliphatic rings. The van der Waals surface area contributed by atoms with Crippen molar-refractivity contribution in [3.63, 3.8) is 0 Å². The first-order valence-electron chi connectivity index (χ1n) is 17.1. The Labute approximate surface area is 294 Å². The van der Waals surface area contributed by atoms with Crippen LogP contribution in [-0.4, -0.2) is 15.0 Å². The minimum Gasteiger partial charge on any atom is -0.456 e. The molecule has 0 saturated carbocycles. The molecule has 2 heterocycles. The lowest BCUT2D eigenvalue weighted by Crippen LogP contribution is -2.01. The molecule has 0 atom stereocenters. The van der Waals surface area contributed by atoms with Gasteiger partial charge in [-0.05, 0) is 68.1 Å². The van der Waals surface area contributed by atoms with Crippen molar-refractivity contribution < 1.29 is 4.42 Å². The number of furan rings is 1. The van der Waals surface area contributed by atoms with Crippen molar-refractivity contribution in [2.45, 2.75) is 0 Å². The molecule has 0 radical (unpaired) electrons. The number of para-hydroxylation sites is 1. The summed E-state index contributed by atoms with van der Waals surface area (Å²) >= 11 is 0. The van der Waals surface area contributed by atoms with E-state index in [2.05, 4.69) is 121 Å². The van der Waals surface area contributed by atoms with Crippen LogP contribution in [0.1, 0.15) is 0 Å². The predicted molar refractivity (Wildman–Crippen MR) is 209 cm³/mol. The van der Waals surface area contributed by atoms with Crippen molar-refractivity contribution in [2.24, 2.45) is 0 Å². The van der Waals surface area contributed by atoms with Crippen molar-refractivity contribution in [3.8, 4) is 56.4 Å². The molecule has 0 unspecified atom stereocenters. The van der Waals surface area contributed by atoms with E-state index >= 15 is 0 Å². The van der Waals surface area contributed by atoms with Gasteiger partial charge in [0.05, 0.1) is 0 Å². The molecule has 0 bridgehead atoms. The Hall–Kier alpha value is -6.91. The van der Waals surface area contributed by atoms with E-state index in [1.54, 1.807) is 0 Å². The summed E-state index contributed by atoms with van der Waals surface area (Å²) in [5.74, 6) is 1.82. The number of nitrogens with zero attached hydrogens (tertiary/aromatic N) is 3. The zero-order valence-corrected chi connectivity index (χ0v) is 27.5. The van der Waals surface area contributed by atoms with E-state index < -0.39 is 0 Å². The van der Waals surface area contributed by atoms with Crippen LogP contribution in [0.4, 0.5) is 0 Å². The third-order valence-corrected chi connectivity index (χ3v) is 9.74. The molecule has 4 heteroatoms. The maximum Gasteiger partial charge on any atom is 0.165 e. The number of hydrogen-bond donors (Lipinski definition) is 0. The van der Waals surface area contributed by atoms with E-state index in [1.807, 2.05) is 54.6 Å². The maximum atomic E-state index is 6.38. The molecular formula is C47H29N3O. The van der Waals surface area contributed by atoms with Crippen molar-refractivity contribution in [1.82, 2.24) is 15.0 Å². The Morgan fingerprint density at radius 1 is 0.333 bits per heavy atom. The standard InChI is InChI=1S/C47H29N3O/c1-3-13-30(14-4-1)36-27-28-42-43(39-21-11-12-22-41(39)51-42)44(36)47-49-45(32-15-5-2-6-16-32)48-46(50-47)33-25-23-31(24-26-33)40-29-34-17-7-8-18-35(34)37-19-9-10-20-38(37)40/h1-29H. The SMILES string of the molecule is c1ccc(-c2nc(-c3ccc(-c4cc5ccccc5c5ccccc45)cc3)nc(-c3c(-c4ccccc4)ccc4oc5ccccc5c34)n2)cc1. The van der Waals surface area contributed by atoms with Crippen molar-refractivity contribution in [3.05, 3.63) is 176 Å². The summed E-state index contributed by atoms with van der Waals surface area (Å²) in [5.41, 5.74) is 8.82. The van der Waals surface area contributed by atoms with Crippen LogP contribution >= 0.6 is 0 Å². The Bertz CT molecular complexity index is 2900. The van der Waals surface area contributed by atoms with Crippen molar-refractivity contribution >= 4 is 43.5 Å². The van der Waals surface area contributed by atoms with Gasteiger partial charge in [-0.3, -0.25) is 0 Å². The van der Waals surface area contributed by atoms with Gasteiger partial charge in [-0.15, -0.1) is 0 Å². The number of hydrogen-bond acceptors (Lipinski definition) is 4. The van der Waals surface area contributed by atoms with Crippen LogP contribution in [0.15, 0.2) is 180 Å². The van der Waals surface area contributed by atoms with Gasteiger partial charge in [0.2, 0.25) is 0 Å². The zero-order valence-electron chi connectivity index (χ0n) is 27.5. The number of aromatic nitrogens is 3. The van der Waals surface area contributed by atoms with Crippen LogP contribution in [0, 0.1) is 0 Å². The van der Waals surface area contributed by atoms with E-state index in [4.69, 9.17) is 19.4 Å². The summed E-state index contributed by atoms with van der Waals surface area (Å²) in [6, 6.07) is 61.0. The lowest BCUT2D eigenvalue weighted by Gasteiger charge is -2.14. The van der Waals surface area contributed by atoms with E-state index in [-0.39, 0.29) is 0 Å². The van der Waals surface area contributed by atoms with Crippen LogP contribution in [0.25, 0.3) is 99.9 Å². The first kappa shape index (κ1) is 29.0. The summed E-state index contributed by atoms with van der Waals surface area (Å²) in [7, 11) is 0. The minimum atomic E-state index is 0.597. The average molecular weight is 652 g/mol. The maximum absolute atomic E-state index is 6.38. The van der Waals surface area contributed by atoms with Crippen LogP contribution in [0.5, 0.6) is 0 Å². The Morgan fingerprint density at radius 3 is 1.61 bits per heavy atom. The predicted octanol–water partition coefficient (Wildman–Crippen LogP) is 12.4. The highest BCUT2D eigenvalue weighted by Gasteiger charge is 2.22. The van der Waals surface area contributed by atoms with Gasteiger partial charge in [0, 0.05) is 27.5 Å². The smallest absolute Gasteiger partial charge is 0.165 e. The first-order valence-corrected chi connectivity index (χ1v) is 17.1. The Morgan fingerprint density at radius 2 is 0.863 bits per heavy atom. The monoisotopic (exact) mass is 651 g/mol. The number of fused-ring (bicyclic) bond motifs is 6. The number of rotatable bonds is 5. The molecule has 238 valence electrons. The normalized spacial score (nSPS) is 11.5. The molecule has 0 amide bonds. The Kier molecular flexibility index (Phi) is 6.78. The van der Waals surface area contributed by atoms with Crippen molar-refractivity contribution in [1.29, 1.82) is 0 Å². The second-order valence-electron chi connectivity index (χ2n) is 12.8. The van der Waals surface area contributed by atoms with Gasteiger partial charge in [-0.1, -0.05) is 152 Å². The molecule has 51 heavy (non-hydrogen) atoms. The molecule has 0 saturated heterocycles. The topological polar surface area (TPSA) is 51.8 Å². The molecule has 0 fully saturated rings. The molecular weight excluding hydrogens is 623 g/mol. The zero-order chi connectivity index (χ0) is 33.7. The summed E-state index contributed by atoms with van der Waals surface area (Å²) in [6.07, 6.45) is 0. The highest BCUT2D eigenvalue weighted by atomic mass is 16.3. The fourth-order valence-corrected chi connectivity index (χ4v) is 7.33. The van der Waals surface area contributed by atoms with E-state index in [0.717, 1.165) is 55.3 Å². The second-order valence-corrected chi connectivity index (χ2v) is 12.8. The summed E-state index contributed by atoms with van der Waals surface area (Å²) in [4.78, 5) is 15.5. The lowest BCUT2D eigenvalue weighted by atomic mass is 9.93. The summed E-state index contributed by atoms with van der Waals surface area (Å²) < 4.78 is 6.38. The molecule has 0 aliphatic heterocycles. The summed E-state index contributed by atoms with van der Waals surface area (Å²) in [5, 5.41) is 6.97. The fraction of sp³-hybridized carbons (Fsp3) is 0. The quantitative estimate of drug-likeness (QED) is 0.174. The average Bonchev–Trinajstić information content (AvgIpc) is 3.59. The van der Waals surface area contributed by atoms with E-state index in [1.165, 1.54) is 27.1 Å². The molecule has 10 rings (SSSR count). The van der Waals surface area contributed by atoms with E-state index in [0.29, 0.717) is 17.5 Å². The molecule has 2 aromatic heterocycles. The largest absolute Gasteiger partial charge is 0.456 e. The first-order chi connectivity index (χ1) is 25.3.